The van der Waals surface area contributed by atoms with Crippen LogP contribution in [0.4, 0.5) is 0 Å². The number of nitriles is 1. The smallest absolute Gasteiger partial charge is 0.0669 e. The molecule has 0 saturated carbocycles. The van der Waals surface area contributed by atoms with E-state index in [4.69, 9.17) is 10.00 Å². The number of benzene rings is 1. The van der Waals surface area contributed by atoms with Crippen LogP contribution >= 0.6 is 0 Å². The summed E-state index contributed by atoms with van der Waals surface area (Å²) in [6.07, 6.45) is 1.37. The van der Waals surface area contributed by atoms with Gasteiger partial charge in [0.1, 0.15) is 0 Å². The SMILES string of the molecule is COC(C)(C)Cc1ccc(CC#N)cc1. The molecule has 0 radical (unpaired) electrons. The Kier molecular flexibility index (Phi) is 3.88. The quantitative estimate of drug-likeness (QED) is 0.753. The minimum atomic E-state index is -0.128. The van der Waals surface area contributed by atoms with Crippen molar-refractivity contribution in [2.24, 2.45) is 0 Å². The summed E-state index contributed by atoms with van der Waals surface area (Å²) in [5.74, 6) is 0. The molecule has 0 bridgehead atoms. The Morgan fingerprint density at radius 1 is 1.20 bits per heavy atom. The van der Waals surface area contributed by atoms with E-state index in [-0.39, 0.29) is 5.60 Å². The van der Waals surface area contributed by atoms with Crippen LogP contribution in [0.3, 0.4) is 0 Å². The third kappa shape index (κ3) is 3.73. The highest BCUT2D eigenvalue weighted by Gasteiger charge is 2.16. The van der Waals surface area contributed by atoms with Gasteiger partial charge in [0.15, 0.2) is 0 Å². The van der Waals surface area contributed by atoms with Gasteiger partial charge in [-0.2, -0.15) is 5.26 Å². The van der Waals surface area contributed by atoms with Gasteiger partial charge in [-0.15, -0.1) is 0 Å². The van der Waals surface area contributed by atoms with Gasteiger partial charge in [0.25, 0.3) is 0 Å². The fourth-order valence-corrected chi connectivity index (χ4v) is 1.43. The van der Waals surface area contributed by atoms with Crippen LogP contribution < -0.4 is 0 Å². The van der Waals surface area contributed by atoms with Crippen molar-refractivity contribution in [2.45, 2.75) is 32.3 Å². The second kappa shape index (κ2) is 4.95. The van der Waals surface area contributed by atoms with Gasteiger partial charge in [0.05, 0.1) is 18.1 Å². The van der Waals surface area contributed by atoms with Gasteiger partial charge in [0.2, 0.25) is 0 Å². The Hall–Kier alpha value is -1.33. The van der Waals surface area contributed by atoms with Crippen LogP contribution in [-0.2, 0) is 17.6 Å². The molecule has 15 heavy (non-hydrogen) atoms. The van der Waals surface area contributed by atoms with E-state index in [0.717, 1.165) is 12.0 Å². The number of nitrogens with zero attached hydrogens (tertiary/aromatic N) is 1. The summed E-state index contributed by atoms with van der Waals surface area (Å²) in [5.41, 5.74) is 2.18. The number of hydrogen-bond acceptors (Lipinski definition) is 2. The van der Waals surface area contributed by atoms with Gasteiger partial charge in [0, 0.05) is 13.5 Å². The first-order valence-electron chi connectivity index (χ1n) is 5.07. The Labute approximate surface area is 91.5 Å². The molecule has 0 aliphatic carbocycles. The number of ether oxygens (including phenoxy) is 1. The molecule has 0 N–H and O–H groups in total. The summed E-state index contributed by atoms with van der Waals surface area (Å²) < 4.78 is 5.37. The highest BCUT2D eigenvalue weighted by atomic mass is 16.5. The molecular weight excluding hydrogens is 186 g/mol. The molecule has 0 spiro atoms. The van der Waals surface area contributed by atoms with Crippen LogP contribution in [0.1, 0.15) is 25.0 Å². The molecule has 0 unspecified atom stereocenters. The van der Waals surface area contributed by atoms with E-state index in [9.17, 15) is 0 Å². The standard InChI is InChI=1S/C13H17NO/c1-13(2,15-3)10-12-6-4-11(5-7-12)8-9-14/h4-7H,8,10H2,1-3H3. The van der Waals surface area contributed by atoms with Crippen LogP contribution in [0.2, 0.25) is 0 Å². The predicted molar refractivity (Wildman–Crippen MR) is 60.6 cm³/mol. The minimum Gasteiger partial charge on any atom is -0.378 e. The monoisotopic (exact) mass is 203 g/mol. The molecule has 0 amide bonds. The van der Waals surface area contributed by atoms with Crippen molar-refractivity contribution in [1.82, 2.24) is 0 Å². The molecule has 0 aliphatic rings. The minimum absolute atomic E-state index is 0.128. The summed E-state index contributed by atoms with van der Waals surface area (Å²) in [4.78, 5) is 0. The fourth-order valence-electron chi connectivity index (χ4n) is 1.43. The third-order valence-corrected chi connectivity index (χ3v) is 2.49. The van der Waals surface area contributed by atoms with E-state index in [1.165, 1.54) is 5.56 Å². The average Bonchev–Trinajstić information content (AvgIpc) is 2.21. The maximum atomic E-state index is 8.54. The molecule has 2 nitrogen and oxygen atoms in total. The molecule has 0 heterocycles. The molecule has 0 aromatic heterocycles. The average molecular weight is 203 g/mol. The van der Waals surface area contributed by atoms with Crippen LogP contribution in [0.25, 0.3) is 0 Å². The Morgan fingerprint density at radius 2 is 1.73 bits per heavy atom. The molecule has 1 aromatic rings. The second-order valence-electron chi connectivity index (χ2n) is 4.29. The lowest BCUT2D eigenvalue weighted by Crippen LogP contribution is -2.25. The summed E-state index contributed by atoms with van der Waals surface area (Å²) in [6, 6.07) is 10.3. The van der Waals surface area contributed by atoms with Crippen LogP contribution in [0.15, 0.2) is 24.3 Å². The molecule has 0 saturated heterocycles. The zero-order valence-corrected chi connectivity index (χ0v) is 9.58. The highest BCUT2D eigenvalue weighted by Crippen LogP contribution is 2.16. The second-order valence-corrected chi connectivity index (χ2v) is 4.29. The Balaban J connectivity index is 2.69. The first-order valence-corrected chi connectivity index (χ1v) is 5.07. The van der Waals surface area contributed by atoms with E-state index in [1.807, 2.05) is 12.1 Å². The number of rotatable bonds is 4. The van der Waals surface area contributed by atoms with Crippen molar-refractivity contribution in [3.05, 3.63) is 35.4 Å². The lowest BCUT2D eigenvalue weighted by Gasteiger charge is -2.22. The van der Waals surface area contributed by atoms with Gasteiger partial charge >= 0.3 is 0 Å². The van der Waals surface area contributed by atoms with Crippen LogP contribution in [0.5, 0.6) is 0 Å². The van der Waals surface area contributed by atoms with E-state index < -0.39 is 0 Å². The normalized spacial score (nSPS) is 11.1. The zero-order valence-electron chi connectivity index (χ0n) is 9.58. The molecule has 2 heteroatoms. The largest absolute Gasteiger partial charge is 0.378 e. The lowest BCUT2D eigenvalue weighted by atomic mass is 9.97. The molecule has 1 aromatic carbocycles. The number of hydrogen-bond donors (Lipinski definition) is 0. The topological polar surface area (TPSA) is 33.0 Å². The lowest BCUT2D eigenvalue weighted by molar-refractivity contribution is 0.0232. The number of methoxy groups -OCH3 is 1. The first-order chi connectivity index (χ1) is 7.07. The van der Waals surface area contributed by atoms with E-state index in [2.05, 4.69) is 32.0 Å². The van der Waals surface area contributed by atoms with Crippen molar-refractivity contribution < 1.29 is 4.74 Å². The van der Waals surface area contributed by atoms with Gasteiger partial charge in [-0.1, -0.05) is 24.3 Å². The fraction of sp³-hybridized carbons (Fsp3) is 0.462. The summed E-state index contributed by atoms with van der Waals surface area (Å²) in [6.45, 7) is 4.13. The summed E-state index contributed by atoms with van der Waals surface area (Å²) in [7, 11) is 1.73. The molecule has 1 rings (SSSR count). The predicted octanol–water partition coefficient (Wildman–Crippen LogP) is 2.72. The summed E-state index contributed by atoms with van der Waals surface area (Å²) in [5, 5.41) is 8.54. The summed E-state index contributed by atoms with van der Waals surface area (Å²) >= 11 is 0. The van der Waals surface area contributed by atoms with Crippen molar-refractivity contribution >= 4 is 0 Å². The van der Waals surface area contributed by atoms with Crippen molar-refractivity contribution in [2.75, 3.05) is 7.11 Å². The molecule has 0 fully saturated rings. The van der Waals surface area contributed by atoms with Crippen LogP contribution in [0, 0.1) is 11.3 Å². The van der Waals surface area contributed by atoms with E-state index in [1.54, 1.807) is 7.11 Å². The van der Waals surface area contributed by atoms with Crippen molar-refractivity contribution in [3.63, 3.8) is 0 Å². The first kappa shape index (κ1) is 11.7. The van der Waals surface area contributed by atoms with E-state index >= 15 is 0 Å². The van der Waals surface area contributed by atoms with Gasteiger partial charge in [-0.25, -0.2) is 0 Å². The van der Waals surface area contributed by atoms with Gasteiger partial charge in [-0.3, -0.25) is 0 Å². The Morgan fingerprint density at radius 3 is 2.20 bits per heavy atom. The zero-order chi connectivity index (χ0) is 11.3. The third-order valence-electron chi connectivity index (χ3n) is 2.49. The van der Waals surface area contributed by atoms with Crippen molar-refractivity contribution in [1.29, 1.82) is 5.26 Å². The molecule has 0 aliphatic heterocycles. The molecule has 0 atom stereocenters. The molecule has 80 valence electrons. The van der Waals surface area contributed by atoms with Crippen molar-refractivity contribution in [3.8, 4) is 6.07 Å². The maximum absolute atomic E-state index is 8.54. The Bertz CT molecular complexity index is 346. The molecular formula is C13H17NO. The maximum Gasteiger partial charge on any atom is 0.0669 e. The van der Waals surface area contributed by atoms with E-state index in [0.29, 0.717) is 6.42 Å². The van der Waals surface area contributed by atoms with Crippen LogP contribution in [-0.4, -0.2) is 12.7 Å². The van der Waals surface area contributed by atoms with Gasteiger partial charge < -0.3 is 4.74 Å². The highest BCUT2D eigenvalue weighted by molar-refractivity contribution is 5.25. The van der Waals surface area contributed by atoms with Gasteiger partial charge in [-0.05, 0) is 25.0 Å².